The molecule has 122 valence electrons. The van der Waals surface area contributed by atoms with Crippen molar-refractivity contribution in [3.05, 3.63) is 29.6 Å². The Labute approximate surface area is 135 Å². The summed E-state index contributed by atoms with van der Waals surface area (Å²) in [6.07, 6.45) is 0.0594. The predicted molar refractivity (Wildman–Crippen MR) is 89.1 cm³/mol. The molecule has 0 radical (unpaired) electrons. The Kier molecular flexibility index (Phi) is 4.07. The number of aromatic nitrogens is 2. The molecule has 0 spiro atoms. The lowest BCUT2D eigenvalue weighted by Crippen LogP contribution is -2.36. The van der Waals surface area contributed by atoms with E-state index in [-0.39, 0.29) is 5.91 Å². The molecule has 0 saturated heterocycles. The van der Waals surface area contributed by atoms with Crippen molar-refractivity contribution in [3.8, 4) is 0 Å². The average molecular weight is 314 g/mol. The highest BCUT2D eigenvalue weighted by molar-refractivity contribution is 5.93. The number of imidazole rings is 1. The topological polar surface area (TPSA) is 70.6 Å². The molecule has 3 rings (SSSR count). The van der Waals surface area contributed by atoms with Gasteiger partial charge in [-0.2, -0.15) is 0 Å². The number of carbonyl (C=O) groups excluding carboxylic acids is 1. The number of nitrogens with zero attached hydrogens (tertiary/aromatic N) is 3. The van der Waals surface area contributed by atoms with Crippen molar-refractivity contribution >= 4 is 22.7 Å². The fourth-order valence-corrected chi connectivity index (χ4v) is 2.67. The van der Waals surface area contributed by atoms with Crippen LogP contribution in [-0.2, 0) is 16.2 Å². The fourth-order valence-electron chi connectivity index (χ4n) is 2.67. The Morgan fingerprint density at radius 1 is 1.48 bits per heavy atom. The second-order valence-corrected chi connectivity index (χ2v) is 6.43. The van der Waals surface area contributed by atoms with Gasteiger partial charge < -0.3 is 14.7 Å². The minimum atomic E-state index is -0.510. The van der Waals surface area contributed by atoms with Crippen LogP contribution in [0.1, 0.15) is 31.7 Å². The van der Waals surface area contributed by atoms with Crippen LogP contribution in [0.4, 0.5) is 0 Å². The van der Waals surface area contributed by atoms with E-state index in [0.717, 1.165) is 22.6 Å². The SMILES string of the molecule is Cc1ccc2nc(CN(C)C(=O)[C@@H]3CC(C(C)C)=NO3)[nH]c2c1. The van der Waals surface area contributed by atoms with E-state index in [1.54, 1.807) is 11.9 Å². The van der Waals surface area contributed by atoms with Crippen LogP contribution in [0.2, 0.25) is 0 Å². The molecule has 0 aliphatic carbocycles. The van der Waals surface area contributed by atoms with Gasteiger partial charge in [-0.05, 0) is 30.5 Å². The van der Waals surface area contributed by atoms with Crippen molar-refractivity contribution < 1.29 is 9.63 Å². The maximum Gasteiger partial charge on any atom is 0.267 e. The van der Waals surface area contributed by atoms with Crippen molar-refractivity contribution in [1.82, 2.24) is 14.9 Å². The summed E-state index contributed by atoms with van der Waals surface area (Å²) in [5, 5.41) is 4.02. The lowest BCUT2D eigenvalue weighted by Gasteiger charge is -2.18. The van der Waals surface area contributed by atoms with E-state index in [1.807, 2.05) is 19.1 Å². The molecule has 1 amide bonds. The van der Waals surface area contributed by atoms with Gasteiger partial charge in [-0.15, -0.1) is 0 Å². The Morgan fingerprint density at radius 2 is 2.26 bits per heavy atom. The molecule has 0 unspecified atom stereocenters. The van der Waals surface area contributed by atoms with Gasteiger partial charge in [0, 0.05) is 13.5 Å². The number of hydrogen-bond donors (Lipinski definition) is 1. The third kappa shape index (κ3) is 3.21. The summed E-state index contributed by atoms with van der Waals surface area (Å²) >= 11 is 0. The van der Waals surface area contributed by atoms with Crippen LogP contribution in [0.5, 0.6) is 0 Å². The Hall–Kier alpha value is -2.37. The summed E-state index contributed by atoms with van der Waals surface area (Å²) in [7, 11) is 1.76. The number of amides is 1. The molecule has 1 aromatic carbocycles. The fraction of sp³-hybridized carbons (Fsp3) is 0.471. The molecule has 23 heavy (non-hydrogen) atoms. The van der Waals surface area contributed by atoms with Gasteiger partial charge in [0.05, 0.1) is 23.3 Å². The van der Waals surface area contributed by atoms with Gasteiger partial charge in [0.25, 0.3) is 5.91 Å². The summed E-state index contributed by atoms with van der Waals surface area (Å²) in [4.78, 5) is 27.2. The van der Waals surface area contributed by atoms with Crippen LogP contribution in [0.15, 0.2) is 23.4 Å². The molecule has 1 N–H and O–H groups in total. The van der Waals surface area contributed by atoms with E-state index < -0.39 is 6.10 Å². The standard InChI is InChI=1S/C17H22N4O2/c1-10(2)13-8-15(23-20-13)17(22)21(4)9-16-18-12-6-5-11(3)7-14(12)19-16/h5-7,10,15H,8-9H2,1-4H3,(H,18,19)/t15-/m0/s1. The van der Waals surface area contributed by atoms with Crippen molar-refractivity contribution in [2.75, 3.05) is 7.05 Å². The molecule has 0 fully saturated rings. The summed E-state index contributed by atoms with van der Waals surface area (Å²) in [6, 6.07) is 6.06. The van der Waals surface area contributed by atoms with Gasteiger partial charge in [-0.1, -0.05) is 25.1 Å². The van der Waals surface area contributed by atoms with Crippen LogP contribution in [0, 0.1) is 12.8 Å². The monoisotopic (exact) mass is 314 g/mol. The van der Waals surface area contributed by atoms with E-state index >= 15 is 0 Å². The first-order valence-electron chi connectivity index (χ1n) is 7.87. The highest BCUT2D eigenvalue weighted by Crippen LogP contribution is 2.19. The zero-order valence-corrected chi connectivity index (χ0v) is 14.0. The number of nitrogens with one attached hydrogen (secondary N) is 1. The zero-order valence-electron chi connectivity index (χ0n) is 14.0. The van der Waals surface area contributed by atoms with Crippen LogP contribution in [-0.4, -0.2) is 39.6 Å². The second-order valence-electron chi connectivity index (χ2n) is 6.43. The van der Waals surface area contributed by atoms with E-state index in [1.165, 1.54) is 5.56 Å². The van der Waals surface area contributed by atoms with Crippen LogP contribution in [0.25, 0.3) is 11.0 Å². The Morgan fingerprint density at radius 3 is 2.96 bits per heavy atom. The quantitative estimate of drug-likeness (QED) is 0.943. The molecule has 0 saturated carbocycles. The molecular weight excluding hydrogens is 292 g/mol. The minimum Gasteiger partial charge on any atom is -0.382 e. The summed E-state index contributed by atoms with van der Waals surface area (Å²) in [5.41, 5.74) is 4.02. The van der Waals surface area contributed by atoms with Gasteiger partial charge >= 0.3 is 0 Å². The minimum absolute atomic E-state index is 0.0685. The zero-order chi connectivity index (χ0) is 16.6. The van der Waals surface area contributed by atoms with Crippen molar-refractivity contribution in [1.29, 1.82) is 0 Å². The molecule has 1 atom stereocenters. The van der Waals surface area contributed by atoms with Gasteiger partial charge in [0.1, 0.15) is 5.82 Å². The lowest BCUT2D eigenvalue weighted by molar-refractivity contribution is -0.141. The Balaban J connectivity index is 1.66. The van der Waals surface area contributed by atoms with Crippen molar-refractivity contribution in [3.63, 3.8) is 0 Å². The predicted octanol–water partition coefficient (Wildman–Crippen LogP) is 2.63. The normalized spacial score (nSPS) is 17.4. The molecule has 6 nitrogen and oxygen atoms in total. The first kappa shape index (κ1) is 15.5. The number of benzene rings is 1. The number of oxime groups is 1. The van der Waals surface area contributed by atoms with Gasteiger partial charge in [-0.3, -0.25) is 4.79 Å². The second kappa shape index (κ2) is 6.02. The number of likely N-dealkylation sites (N-methyl/N-ethyl adjacent to an activating group) is 1. The van der Waals surface area contributed by atoms with Gasteiger partial charge in [-0.25, -0.2) is 4.98 Å². The van der Waals surface area contributed by atoms with E-state index in [4.69, 9.17) is 4.84 Å². The first-order valence-corrected chi connectivity index (χ1v) is 7.87. The summed E-state index contributed by atoms with van der Waals surface area (Å²) in [6.45, 7) is 6.56. The third-order valence-corrected chi connectivity index (χ3v) is 4.08. The van der Waals surface area contributed by atoms with Crippen LogP contribution >= 0.6 is 0 Å². The van der Waals surface area contributed by atoms with E-state index in [9.17, 15) is 4.79 Å². The van der Waals surface area contributed by atoms with E-state index in [2.05, 4.69) is 35.0 Å². The number of carbonyl (C=O) groups is 1. The Bertz CT molecular complexity index is 763. The number of aryl methyl sites for hydroxylation is 1. The average Bonchev–Trinajstić information content (AvgIpc) is 3.12. The third-order valence-electron chi connectivity index (χ3n) is 4.08. The molecule has 0 bridgehead atoms. The summed E-state index contributed by atoms with van der Waals surface area (Å²) in [5.74, 6) is 1.00. The highest BCUT2D eigenvalue weighted by atomic mass is 16.6. The largest absolute Gasteiger partial charge is 0.382 e. The number of rotatable bonds is 4. The number of hydrogen-bond acceptors (Lipinski definition) is 4. The number of fused-ring (bicyclic) bond motifs is 1. The first-order chi connectivity index (χ1) is 10.9. The molecule has 6 heteroatoms. The maximum absolute atomic E-state index is 12.5. The number of aromatic amines is 1. The molecule has 1 aromatic heterocycles. The van der Waals surface area contributed by atoms with Crippen LogP contribution < -0.4 is 0 Å². The van der Waals surface area contributed by atoms with Crippen molar-refractivity contribution in [2.45, 2.75) is 39.8 Å². The molecule has 1 aliphatic heterocycles. The molecule has 2 aromatic rings. The van der Waals surface area contributed by atoms with E-state index in [0.29, 0.717) is 18.9 Å². The van der Waals surface area contributed by atoms with Gasteiger partial charge in [0.15, 0.2) is 0 Å². The highest BCUT2D eigenvalue weighted by Gasteiger charge is 2.31. The molecule has 2 heterocycles. The number of H-pyrrole nitrogens is 1. The van der Waals surface area contributed by atoms with Crippen LogP contribution in [0.3, 0.4) is 0 Å². The van der Waals surface area contributed by atoms with Gasteiger partial charge in [0.2, 0.25) is 6.10 Å². The summed E-state index contributed by atoms with van der Waals surface area (Å²) < 4.78 is 0. The molecular formula is C17H22N4O2. The van der Waals surface area contributed by atoms with Crippen molar-refractivity contribution in [2.24, 2.45) is 11.1 Å². The smallest absolute Gasteiger partial charge is 0.267 e. The molecule has 1 aliphatic rings. The maximum atomic E-state index is 12.5. The lowest BCUT2D eigenvalue weighted by atomic mass is 10.0.